The summed E-state index contributed by atoms with van der Waals surface area (Å²) in [6, 6.07) is 30.4. The Morgan fingerprint density at radius 3 is 1.91 bits per heavy atom. The Labute approximate surface area is 203 Å². The van der Waals surface area contributed by atoms with Crippen molar-refractivity contribution in [1.82, 2.24) is 4.57 Å². The summed E-state index contributed by atoms with van der Waals surface area (Å²) < 4.78 is 8.54. The Bertz CT molecular complexity index is 1420. The van der Waals surface area contributed by atoms with Crippen LogP contribution in [0.2, 0.25) is 0 Å². The zero-order valence-electron chi connectivity index (χ0n) is 19.5. The summed E-state index contributed by atoms with van der Waals surface area (Å²) in [5, 5.41) is 3.29. The van der Waals surface area contributed by atoms with E-state index in [1.54, 1.807) is 7.11 Å². The van der Waals surface area contributed by atoms with Crippen LogP contribution in [0.4, 0.5) is 0 Å². The van der Waals surface area contributed by atoms with E-state index in [1.165, 1.54) is 38.5 Å². The van der Waals surface area contributed by atoms with Gasteiger partial charge in [-0.05, 0) is 46.4 Å². The van der Waals surface area contributed by atoms with Crippen LogP contribution in [0, 0.1) is 0 Å². The minimum atomic E-state index is -0.0160. The molecule has 0 atom stereocenters. The van der Waals surface area contributed by atoms with E-state index in [2.05, 4.69) is 126 Å². The zero-order chi connectivity index (χ0) is 23.2. The van der Waals surface area contributed by atoms with Crippen molar-refractivity contribution in [3.05, 3.63) is 96.1 Å². The highest BCUT2D eigenvalue weighted by molar-refractivity contribution is 9.08. The summed E-state index contributed by atoms with van der Waals surface area (Å²) in [5.41, 5.74) is 8.26. The van der Waals surface area contributed by atoms with Crippen molar-refractivity contribution < 1.29 is 4.74 Å². The zero-order valence-corrected chi connectivity index (χ0v) is 21.1. The molecule has 0 N–H and O–H groups in total. The minimum absolute atomic E-state index is 0.0160. The molecule has 0 radical (unpaired) electrons. The fourth-order valence-corrected chi connectivity index (χ4v) is 5.20. The average Bonchev–Trinajstić information content (AvgIpc) is 3.17. The van der Waals surface area contributed by atoms with Gasteiger partial charge in [-0.1, -0.05) is 97.4 Å². The molecule has 0 unspecified atom stereocenters. The summed E-state index contributed by atoms with van der Waals surface area (Å²) in [4.78, 5) is 0. The number of alkyl halides is 1. The molecule has 4 aromatic carbocycles. The van der Waals surface area contributed by atoms with Gasteiger partial charge in [-0.2, -0.15) is 0 Å². The summed E-state index contributed by atoms with van der Waals surface area (Å²) >= 11 is 3.69. The van der Waals surface area contributed by atoms with Crippen LogP contribution in [0.5, 0.6) is 5.75 Å². The van der Waals surface area contributed by atoms with Crippen molar-refractivity contribution in [3.63, 3.8) is 0 Å². The summed E-state index contributed by atoms with van der Waals surface area (Å²) in [6.07, 6.45) is 0. The standard InChI is InChI=1S/C30H28BrNO/c1-30(2,3)21-17-25(22-12-6-5-11-20(22)19-31)29(33-4)28(18-21)32-26-15-9-7-13-23(26)24-14-8-10-16-27(24)32/h5-18H,19H2,1-4H3. The van der Waals surface area contributed by atoms with E-state index in [4.69, 9.17) is 4.74 Å². The van der Waals surface area contributed by atoms with E-state index in [0.717, 1.165) is 22.3 Å². The van der Waals surface area contributed by atoms with Gasteiger partial charge in [0.25, 0.3) is 0 Å². The Hall–Kier alpha value is -3.04. The lowest BCUT2D eigenvalue weighted by atomic mass is 9.84. The molecule has 0 spiro atoms. The molecule has 5 aromatic rings. The van der Waals surface area contributed by atoms with Crippen LogP contribution < -0.4 is 4.74 Å². The second-order valence-corrected chi connectivity index (χ2v) is 10.0. The number of nitrogens with zero attached hydrogens (tertiary/aromatic N) is 1. The lowest BCUT2D eigenvalue weighted by molar-refractivity contribution is 0.414. The van der Waals surface area contributed by atoms with Gasteiger partial charge in [0.2, 0.25) is 0 Å². The Morgan fingerprint density at radius 1 is 0.758 bits per heavy atom. The van der Waals surface area contributed by atoms with Gasteiger partial charge in [0.05, 0.1) is 23.8 Å². The predicted molar refractivity (Wildman–Crippen MR) is 144 cm³/mol. The molecule has 0 saturated heterocycles. The van der Waals surface area contributed by atoms with Gasteiger partial charge in [-0.15, -0.1) is 0 Å². The lowest BCUT2D eigenvalue weighted by Crippen LogP contribution is -2.13. The first kappa shape index (κ1) is 21.8. The van der Waals surface area contributed by atoms with E-state index >= 15 is 0 Å². The molecule has 0 aliphatic rings. The number of halogens is 1. The van der Waals surface area contributed by atoms with E-state index in [9.17, 15) is 0 Å². The second-order valence-electron chi connectivity index (χ2n) is 9.49. The van der Waals surface area contributed by atoms with Crippen molar-refractivity contribution in [2.75, 3.05) is 7.11 Å². The van der Waals surface area contributed by atoms with Crippen LogP contribution in [-0.2, 0) is 10.7 Å². The first-order valence-electron chi connectivity index (χ1n) is 11.3. The maximum Gasteiger partial charge on any atom is 0.150 e. The molecule has 2 nitrogen and oxygen atoms in total. The van der Waals surface area contributed by atoms with Crippen molar-refractivity contribution in [2.45, 2.75) is 31.5 Å². The van der Waals surface area contributed by atoms with E-state index in [-0.39, 0.29) is 5.41 Å². The quantitative estimate of drug-likeness (QED) is 0.226. The van der Waals surface area contributed by atoms with Crippen LogP contribution >= 0.6 is 15.9 Å². The van der Waals surface area contributed by atoms with Gasteiger partial charge in [-0.25, -0.2) is 0 Å². The SMILES string of the molecule is COc1c(-c2ccccc2CBr)cc(C(C)(C)C)cc1-n1c2ccccc2c2ccccc21. The lowest BCUT2D eigenvalue weighted by Gasteiger charge is -2.25. The van der Waals surface area contributed by atoms with Crippen LogP contribution in [0.3, 0.4) is 0 Å². The Morgan fingerprint density at radius 2 is 1.33 bits per heavy atom. The van der Waals surface area contributed by atoms with Crippen molar-refractivity contribution in [2.24, 2.45) is 0 Å². The summed E-state index contributed by atoms with van der Waals surface area (Å²) in [7, 11) is 1.78. The molecule has 0 amide bonds. The molecule has 0 saturated carbocycles. The van der Waals surface area contributed by atoms with Crippen molar-refractivity contribution in [1.29, 1.82) is 0 Å². The second kappa shape index (κ2) is 8.39. The first-order valence-corrected chi connectivity index (χ1v) is 12.4. The van der Waals surface area contributed by atoms with Crippen molar-refractivity contribution >= 4 is 37.7 Å². The van der Waals surface area contributed by atoms with Crippen LogP contribution in [-0.4, -0.2) is 11.7 Å². The highest BCUT2D eigenvalue weighted by Crippen LogP contribution is 2.44. The maximum absolute atomic E-state index is 6.18. The highest BCUT2D eigenvalue weighted by Gasteiger charge is 2.24. The molecule has 1 aromatic heterocycles. The van der Waals surface area contributed by atoms with Crippen LogP contribution in [0.15, 0.2) is 84.9 Å². The van der Waals surface area contributed by atoms with Gasteiger partial charge < -0.3 is 9.30 Å². The molecule has 1 heterocycles. The van der Waals surface area contributed by atoms with Gasteiger partial charge in [0, 0.05) is 21.7 Å². The molecule has 0 aliphatic carbocycles. The third kappa shape index (κ3) is 3.65. The number of para-hydroxylation sites is 2. The van der Waals surface area contributed by atoms with Gasteiger partial charge >= 0.3 is 0 Å². The third-order valence-corrected chi connectivity index (χ3v) is 7.02. The molecule has 5 rings (SSSR count). The molecular weight excluding hydrogens is 470 g/mol. The van der Waals surface area contributed by atoms with E-state index in [1.807, 2.05) is 0 Å². The number of benzene rings is 4. The number of hydrogen-bond acceptors (Lipinski definition) is 1. The van der Waals surface area contributed by atoms with Crippen LogP contribution in [0.25, 0.3) is 38.6 Å². The maximum atomic E-state index is 6.18. The predicted octanol–water partition coefficient (Wildman–Crippen LogP) is 8.65. The molecule has 3 heteroatoms. The molecule has 0 fully saturated rings. The number of rotatable bonds is 4. The van der Waals surface area contributed by atoms with E-state index < -0.39 is 0 Å². The highest BCUT2D eigenvalue weighted by atomic mass is 79.9. The molecule has 33 heavy (non-hydrogen) atoms. The third-order valence-electron chi connectivity index (χ3n) is 6.41. The van der Waals surface area contributed by atoms with E-state index in [0.29, 0.717) is 0 Å². The number of ether oxygens (including phenoxy) is 1. The smallest absolute Gasteiger partial charge is 0.150 e. The molecular formula is C30H28BrNO. The Kier molecular flexibility index (Phi) is 5.54. The minimum Gasteiger partial charge on any atom is -0.494 e. The van der Waals surface area contributed by atoms with Gasteiger partial charge in [0.15, 0.2) is 5.75 Å². The fraction of sp³-hybridized carbons (Fsp3) is 0.200. The number of fused-ring (bicyclic) bond motifs is 3. The average molecular weight is 498 g/mol. The van der Waals surface area contributed by atoms with Crippen molar-refractivity contribution in [3.8, 4) is 22.6 Å². The van der Waals surface area contributed by atoms with Gasteiger partial charge in [-0.3, -0.25) is 0 Å². The summed E-state index contributed by atoms with van der Waals surface area (Å²) in [6.45, 7) is 6.81. The largest absolute Gasteiger partial charge is 0.494 e. The monoisotopic (exact) mass is 497 g/mol. The molecule has 0 bridgehead atoms. The Balaban J connectivity index is 1.95. The fourth-order valence-electron chi connectivity index (χ4n) is 4.71. The number of aromatic nitrogens is 1. The van der Waals surface area contributed by atoms with Crippen LogP contribution in [0.1, 0.15) is 31.9 Å². The summed E-state index contributed by atoms with van der Waals surface area (Å²) in [5.74, 6) is 0.892. The normalized spacial score (nSPS) is 11.9. The molecule has 166 valence electrons. The number of methoxy groups -OCH3 is 1. The number of hydrogen-bond donors (Lipinski definition) is 0. The molecule has 0 aliphatic heterocycles. The topological polar surface area (TPSA) is 14.2 Å². The van der Waals surface area contributed by atoms with Gasteiger partial charge in [0.1, 0.15) is 0 Å². The first-order chi connectivity index (χ1) is 15.9.